The number of carbonyl (C=O) groups is 1. The highest BCUT2D eigenvalue weighted by Gasteiger charge is 2.18. The summed E-state index contributed by atoms with van der Waals surface area (Å²) in [5.41, 5.74) is 2.17. The summed E-state index contributed by atoms with van der Waals surface area (Å²) in [4.78, 5) is 16.3. The second kappa shape index (κ2) is 7.16. The summed E-state index contributed by atoms with van der Waals surface area (Å²) in [6.07, 6.45) is 8.11. The van der Waals surface area contributed by atoms with Crippen molar-refractivity contribution in [3.8, 4) is 11.8 Å². The molecule has 2 aromatic heterocycles. The molecule has 0 bridgehead atoms. The van der Waals surface area contributed by atoms with E-state index >= 15 is 0 Å². The maximum Gasteiger partial charge on any atom is 0.178 e. The molecule has 0 saturated heterocycles. The van der Waals surface area contributed by atoms with Crippen LogP contribution in [-0.4, -0.2) is 20.5 Å². The lowest BCUT2D eigenvalue weighted by molar-refractivity contribution is -0.114. The summed E-state index contributed by atoms with van der Waals surface area (Å²) in [5.74, 6) is -1.20. The van der Waals surface area contributed by atoms with Crippen molar-refractivity contribution in [1.82, 2.24) is 14.8 Å². The molecule has 0 aliphatic heterocycles. The number of para-hydroxylation sites is 1. The third kappa shape index (κ3) is 3.45. The highest BCUT2D eigenvalue weighted by molar-refractivity contribution is 6.00. The molecule has 3 aromatic rings. The standard InChI is InChI=1S/C19H14N4O/c20-12-17(18-8-4-5-11-21-18)19(24)10-9-15-13-22-23(14-15)16-6-2-1-3-7-16/h1-11,13-14,17H/b10-9+/t17-/m0/s1. The third-order valence-corrected chi connectivity index (χ3v) is 3.46. The zero-order chi connectivity index (χ0) is 16.8. The van der Waals surface area contributed by atoms with Crippen LogP contribution in [0.2, 0.25) is 0 Å². The predicted molar refractivity (Wildman–Crippen MR) is 90.2 cm³/mol. The Hall–Kier alpha value is -3.52. The van der Waals surface area contributed by atoms with Crippen molar-refractivity contribution in [3.05, 3.63) is 84.5 Å². The number of nitrogens with zero attached hydrogens (tertiary/aromatic N) is 4. The van der Waals surface area contributed by atoms with Gasteiger partial charge in [0.2, 0.25) is 0 Å². The van der Waals surface area contributed by atoms with Crippen LogP contribution in [0.25, 0.3) is 11.8 Å². The quantitative estimate of drug-likeness (QED) is 0.678. The molecule has 1 atom stereocenters. The van der Waals surface area contributed by atoms with Gasteiger partial charge in [-0.1, -0.05) is 24.3 Å². The number of benzene rings is 1. The van der Waals surface area contributed by atoms with Crippen molar-refractivity contribution in [1.29, 1.82) is 5.26 Å². The molecular formula is C19H14N4O. The van der Waals surface area contributed by atoms with Crippen molar-refractivity contribution in [3.63, 3.8) is 0 Å². The molecule has 0 saturated carbocycles. The summed E-state index contributed by atoms with van der Waals surface area (Å²) >= 11 is 0. The molecule has 116 valence electrons. The molecule has 0 unspecified atom stereocenters. The van der Waals surface area contributed by atoms with Crippen LogP contribution in [0.1, 0.15) is 17.2 Å². The van der Waals surface area contributed by atoms with Crippen molar-refractivity contribution in [2.75, 3.05) is 0 Å². The second-order valence-corrected chi connectivity index (χ2v) is 5.11. The lowest BCUT2D eigenvalue weighted by Crippen LogP contribution is -2.09. The minimum Gasteiger partial charge on any atom is -0.293 e. The normalized spacial score (nSPS) is 12.0. The summed E-state index contributed by atoms with van der Waals surface area (Å²) in [6, 6.07) is 16.9. The Balaban J connectivity index is 1.75. The fraction of sp³-hybridized carbons (Fsp3) is 0.0526. The minimum absolute atomic E-state index is 0.302. The fourth-order valence-corrected chi connectivity index (χ4v) is 2.24. The maximum absolute atomic E-state index is 12.2. The first-order chi connectivity index (χ1) is 11.8. The van der Waals surface area contributed by atoms with Crippen LogP contribution in [0, 0.1) is 11.3 Å². The average Bonchev–Trinajstić information content (AvgIpc) is 3.11. The molecule has 0 aliphatic rings. The van der Waals surface area contributed by atoms with E-state index in [9.17, 15) is 10.1 Å². The van der Waals surface area contributed by atoms with E-state index < -0.39 is 5.92 Å². The molecule has 0 spiro atoms. The van der Waals surface area contributed by atoms with E-state index in [-0.39, 0.29) is 5.78 Å². The Morgan fingerprint density at radius 3 is 2.67 bits per heavy atom. The van der Waals surface area contributed by atoms with E-state index in [1.807, 2.05) is 42.6 Å². The Morgan fingerprint density at radius 1 is 1.17 bits per heavy atom. The Labute approximate surface area is 139 Å². The van der Waals surface area contributed by atoms with Crippen LogP contribution in [0.3, 0.4) is 0 Å². The van der Waals surface area contributed by atoms with Gasteiger partial charge in [0.05, 0.1) is 23.6 Å². The van der Waals surface area contributed by atoms with Crippen LogP contribution >= 0.6 is 0 Å². The number of carbonyl (C=O) groups excluding carboxylic acids is 1. The van der Waals surface area contributed by atoms with E-state index in [2.05, 4.69) is 10.1 Å². The summed E-state index contributed by atoms with van der Waals surface area (Å²) < 4.78 is 1.73. The topological polar surface area (TPSA) is 71.6 Å². The second-order valence-electron chi connectivity index (χ2n) is 5.11. The summed E-state index contributed by atoms with van der Waals surface area (Å²) in [7, 11) is 0. The number of aromatic nitrogens is 3. The van der Waals surface area contributed by atoms with E-state index in [4.69, 9.17) is 0 Å². The first kappa shape index (κ1) is 15.4. The zero-order valence-corrected chi connectivity index (χ0v) is 12.8. The summed E-state index contributed by atoms with van der Waals surface area (Å²) in [6.45, 7) is 0. The molecule has 0 fully saturated rings. The molecule has 0 radical (unpaired) electrons. The van der Waals surface area contributed by atoms with E-state index in [0.717, 1.165) is 11.3 Å². The Morgan fingerprint density at radius 2 is 1.96 bits per heavy atom. The number of ketones is 1. The largest absolute Gasteiger partial charge is 0.293 e. The highest BCUT2D eigenvalue weighted by atomic mass is 16.1. The molecular weight excluding hydrogens is 300 g/mol. The number of rotatable bonds is 5. The van der Waals surface area contributed by atoms with Gasteiger partial charge in [-0.25, -0.2) is 4.68 Å². The van der Waals surface area contributed by atoms with Gasteiger partial charge < -0.3 is 0 Å². The van der Waals surface area contributed by atoms with Crippen LogP contribution in [0.15, 0.2) is 73.2 Å². The van der Waals surface area contributed by atoms with Gasteiger partial charge in [-0.05, 0) is 36.4 Å². The zero-order valence-electron chi connectivity index (χ0n) is 12.8. The number of nitriles is 1. The molecule has 24 heavy (non-hydrogen) atoms. The Kier molecular flexibility index (Phi) is 4.59. The SMILES string of the molecule is N#C[C@H](C(=O)/C=C/c1cnn(-c2ccccc2)c1)c1ccccn1. The smallest absolute Gasteiger partial charge is 0.178 e. The molecule has 3 rings (SSSR count). The monoisotopic (exact) mass is 314 g/mol. The Bertz CT molecular complexity index is 892. The molecule has 0 N–H and O–H groups in total. The number of pyridine rings is 1. The van der Waals surface area contributed by atoms with Gasteiger partial charge in [0.1, 0.15) is 0 Å². The number of hydrogen-bond acceptors (Lipinski definition) is 4. The van der Waals surface area contributed by atoms with Gasteiger partial charge in [-0.3, -0.25) is 9.78 Å². The van der Waals surface area contributed by atoms with Crippen molar-refractivity contribution in [2.45, 2.75) is 5.92 Å². The van der Waals surface area contributed by atoms with Crippen LogP contribution in [0.4, 0.5) is 0 Å². The van der Waals surface area contributed by atoms with Gasteiger partial charge in [0.25, 0.3) is 0 Å². The fourth-order valence-electron chi connectivity index (χ4n) is 2.24. The van der Waals surface area contributed by atoms with Gasteiger partial charge >= 0.3 is 0 Å². The molecule has 5 nitrogen and oxygen atoms in total. The van der Waals surface area contributed by atoms with Gasteiger partial charge in [0, 0.05) is 18.0 Å². The van der Waals surface area contributed by atoms with Crippen molar-refractivity contribution in [2.24, 2.45) is 0 Å². The maximum atomic E-state index is 12.2. The van der Waals surface area contributed by atoms with Crippen LogP contribution in [-0.2, 0) is 4.79 Å². The van der Waals surface area contributed by atoms with E-state index in [1.54, 1.807) is 41.4 Å². The van der Waals surface area contributed by atoms with Gasteiger partial charge in [-0.2, -0.15) is 10.4 Å². The molecule has 2 heterocycles. The predicted octanol–water partition coefficient (Wildman–Crippen LogP) is 3.16. The van der Waals surface area contributed by atoms with E-state index in [1.165, 1.54) is 6.08 Å². The van der Waals surface area contributed by atoms with Crippen LogP contribution < -0.4 is 0 Å². The molecule has 0 aliphatic carbocycles. The molecule has 0 amide bonds. The molecule has 5 heteroatoms. The van der Waals surface area contributed by atoms with Crippen molar-refractivity contribution >= 4 is 11.9 Å². The lowest BCUT2D eigenvalue weighted by Gasteiger charge is -2.03. The van der Waals surface area contributed by atoms with Crippen molar-refractivity contribution < 1.29 is 4.79 Å². The van der Waals surface area contributed by atoms with Gasteiger partial charge in [-0.15, -0.1) is 0 Å². The number of allylic oxidation sites excluding steroid dienone is 1. The third-order valence-electron chi connectivity index (χ3n) is 3.46. The van der Waals surface area contributed by atoms with E-state index in [0.29, 0.717) is 5.69 Å². The summed E-state index contributed by atoms with van der Waals surface area (Å²) in [5, 5.41) is 13.5. The first-order valence-corrected chi connectivity index (χ1v) is 7.40. The van der Waals surface area contributed by atoms with Gasteiger partial charge in [0.15, 0.2) is 11.7 Å². The highest BCUT2D eigenvalue weighted by Crippen LogP contribution is 2.15. The average molecular weight is 314 g/mol. The first-order valence-electron chi connectivity index (χ1n) is 7.40. The van der Waals surface area contributed by atoms with Crippen LogP contribution in [0.5, 0.6) is 0 Å². The lowest BCUT2D eigenvalue weighted by atomic mass is 10.0. The minimum atomic E-state index is -0.897. The molecule has 1 aromatic carbocycles. The number of hydrogen-bond donors (Lipinski definition) is 0.